The smallest absolute Gasteiger partial charge is 0.253 e. The number of amides is 1. The van der Waals surface area contributed by atoms with Crippen LogP contribution in [0, 0.1) is 6.92 Å². The van der Waals surface area contributed by atoms with E-state index >= 15 is 0 Å². The highest BCUT2D eigenvalue weighted by molar-refractivity contribution is 5.95. The molecule has 1 N–H and O–H groups in total. The van der Waals surface area contributed by atoms with Crippen molar-refractivity contribution in [2.75, 3.05) is 7.05 Å². The van der Waals surface area contributed by atoms with Crippen molar-refractivity contribution in [3.05, 3.63) is 89.5 Å². The summed E-state index contributed by atoms with van der Waals surface area (Å²) in [5.74, 6) is 0.0108. The summed E-state index contributed by atoms with van der Waals surface area (Å²) >= 11 is 0. The number of benzene rings is 2. The summed E-state index contributed by atoms with van der Waals surface area (Å²) in [4.78, 5) is 27.2. The van der Waals surface area contributed by atoms with Crippen LogP contribution >= 0.6 is 0 Å². The molecular weight excluding hydrogens is 460 g/mol. The molecule has 0 aliphatic heterocycles. The largest absolute Gasteiger partial charge is 0.339 e. The summed E-state index contributed by atoms with van der Waals surface area (Å²) in [7, 11) is 3.75. The zero-order valence-corrected chi connectivity index (χ0v) is 22.2. The monoisotopic (exact) mass is 492 g/mol. The molecule has 2 aromatic carbocycles. The average Bonchev–Trinajstić information content (AvgIpc) is 3.50. The van der Waals surface area contributed by atoms with E-state index < -0.39 is 0 Å². The first-order valence-corrected chi connectivity index (χ1v) is 12.4. The fourth-order valence-electron chi connectivity index (χ4n) is 4.57. The van der Waals surface area contributed by atoms with Crippen LogP contribution in [0.1, 0.15) is 47.8 Å². The van der Waals surface area contributed by atoms with Crippen molar-refractivity contribution >= 4 is 16.9 Å². The third-order valence-electron chi connectivity index (χ3n) is 6.81. The topological polar surface area (TPSA) is 79.7 Å². The summed E-state index contributed by atoms with van der Waals surface area (Å²) in [6.07, 6.45) is 5.38. The molecule has 0 saturated carbocycles. The van der Waals surface area contributed by atoms with Gasteiger partial charge in [0.25, 0.3) is 5.91 Å². The normalized spacial score (nSPS) is 11.7. The molecule has 3 heterocycles. The standard InChI is InChI=1S/C30H32N6O/c1-19-13-21(27-25-14-26(23-15-33-36(6)17-23)34-28(25)32-18-31-27)7-8-22(19)16-35(5)29(37)20-9-11-24(12-10-20)30(2,3)4/h7-15,17-18H,16H2,1-6H3,(H,31,32,34). The lowest BCUT2D eigenvalue weighted by Crippen LogP contribution is -2.26. The van der Waals surface area contributed by atoms with Crippen molar-refractivity contribution in [2.24, 2.45) is 7.05 Å². The average molecular weight is 493 g/mol. The van der Waals surface area contributed by atoms with Crippen LogP contribution in [0.15, 0.2) is 67.3 Å². The van der Waals surface area contributed by atoms with E-state index in [0.29, 0.717) is 12.1 Å². The number of aromatic nitrogens is 5. The Morgan fingerprint density at radius 1 is 1.03 bits per heavy atom. The van der Waals surface area contributed by atoms with Gasteiger partial charge in [-0.1, -0.05) is 45.0 Å². The molecule has 0 fully saturated rings. The Kier molecular flexibility index (Phi) is 6.15. The summed E-state index contributed by atoms with van der Waals surface area (Å²) in [5, 5.41) is 5.22. The lowest BCUT2D eigenvalue weighted by molar-refractivity contribution is 0.0785. The number of aromatic amines is 1. The zero-order chi connectivity index (χ0) is 26.3. The number of aryl methyl sites for hydroxylation is 2. The minimum Gasteiger partial charge on any atom is -0.339 e. The molecule has 0 atom stereocenters. The van der Waals surface area contributed by atoms with Gasteiger partial charge in [0.15, 0.2) is 0 Å². The molecule has 1 amide bonds. The van der Waals surface area contributed by atoms with E-state index in [-0.39, 0.29) is 11.3 Å². The second-order valence-corrected chi connectivity index (χ2v) is 10.7. The quantitative estimate of drug-likeness (QED) is 0.331. The molecule has 0 unspecified atom stereocenters. The molecule has 7 heteroatoms. The maximum atomic E-state index is 13.1. The summed E-state index contributed by atoms with van der Waals surface area (Å²) < 4.78 is 1.78. The third kappa shape index (κ3) is 4.89. The molecule has 5 rings (SSSR count). The van der Waals surface area contributed by atoms with Crippen molar-refractivity contribution in [2.45, 2.75) is 39.7 Å². The van der Waals surface area contributed by atoms with Crippen molar-refractivity contribution in [3.8, 4) is 22.5 Å². The predicted octanol–water partition coefficient (Wildman–Crippen LogP) is 5.90. The molecule has 0 spiro atoms. The number of hydrogen-bond donors (Lipinski definition) is 1. The Balaban J connectivity index is 1.37. The molecule has 3 aromatic heterocycles. The van der Waals surface area contributed by atoms with Crippen LogP contribution in [0.3, 0.4) is 0 Å². The Morgan fingerprint density at radius 2 is 1.78 bits per heavy atom. The number of nitrogens with zero attached hydrogens (tertiary/aromatic N) is 5. The van der Waals surface area contributed by atoms with Gasteiger partial charge in [0, 0.05) is 48.9 Å². The molecule has 0 aliphatic carbocycles. The zero-order valence-electron chi connectivity index (χ0n) is 22.2. The number of H-pyrrole nitrogens is 1. The van der Waals surface area contributed by atoms with Crippen molar-refractivity contribution < 1.29 is 4.79 Å². The first kappa shape index (κ1) is 24.4. The van der Waals surface area contributed by atoms with Crippen LogP contribution in [-0.2, 0) is 19.0 Å². The van der Waals surface area contributed by atoms with Crippen LogP contribution in [0.5, 0.6) is 0 Å². The van der Waals surface area contributed by atoms with Gasteiger partial charge in [0.1, 0.15) is 12.0 Å². The van der Waals surface area contributed by atoms with Gasteiger partial charge in [-0.3, -0.25) is 9.48 Å². The van der Waals surface area contributed by atoms with Crippen molar-refractivity contribution in [1.82, 2.24) is 29.6 Å². The van der Waals surface area contributed by atoms with Crippen LogP contribution in [0.4, 0.5) is 0 Å². The lowest BCUT2D eigenvalue weighted by Gasteiger charge is -2.21. The molecule has 0 bridgehead atoms. The minimum absolute atomic E-state index is 0.0108. The first-order chi connectivity index (χ1) is 17.6. The van der Waals surface area contributed by atoms with E-state index in [1.807, 2.05) is 50.8 Å². The molecule has 0 aliphatic rings. The maximum absolute atomic E-state index is 13.1. The second kappa shape index (κ2) is 9.32. The summed E-state index contributed by atoms with van der Waals surface area (Å²) in [6, 6.07) is 16.3. The van der Waals surface area contributed by atoms with E-state index in [2.05, 4.69) is 72.0 Å². The fraction of sp³-hybridized carbons (Fsp3) is 0.267. The van der Waals surface area contributed by atoms with E-state index in [1.54, 1.807) is 15.9 Å². The van der Waals surface area contributed by atoms with Gasteiger partial charge in [-0.05, 0) is 53.3 Å². The van der Waals surface area contributed by atoms with Crippen LogP contribution < -0.4 is 0 Å². The van der Waals surface area contributed by atoms with Gasteiger partial charge in [0.2, 0.25) is 0 Å². The Labute approximate surface area is 217 Å². The molecule has 188 valence electrons. The first-order valence-electron chi connectivity index (χ1n) is 12.4. The van der Waals surface area contributed by atoms with Gasteiger partial charge in [-0.15, -0.1) is 0 Å². The predicted molar refractivity (Wildman–Crippen MR) is 147 cm³/mol. The number of nitrogens with one attached hydrogen (secondary N) is 1. The van der Waals surface area contributed by atoms with Gasteiger partial charge in [-0.25, -0.2) is 9.97 Å². The molecule has 7 nitrogen and oxygen atoms in total. The van der Waals surface area contributed by atoms with Gasteiger partial charge >= 0.3 is 0 Å². The third-order valence-corrected chi connectivity index (χ3v) is 6.81. The molecular formula is C30H32N6O. The van der Waals surface area contributed by atoms with E-state index in [0.717, 1.165) is 44.7 Å². The highest BCUT2D eigenvalue weighted by atomic mass is 16.2. The van der Waals surface area contributed by atoms with E-state index in [1.165, 1.54) is 5.56 Å². The Hall–Kier alpha value is -4.26. The van der Waals surface area contributed by atoms with E-state index in [9.17, 15) is 4.79 Å². The lowest BCUT2D eigenvalue weighted by atomic mass is 9.86. The fourth-order valence-corrected chi connectivity index (χ4v) is 4.57. The Bertz CT molecular complexity index is 1590. The number of carbonyl (C=O) groups excluding carboxylic acids is 1. The number of carbonyl (C=O) groups is 1. The SMILES string of the molecule is Cc1cc(-c2ncnc3[nH]c(-c4cnn(C)c4)cc23)ccc1CN(C)C(=O)c1ccc(C(C)(C)C)cc1. The molecule has 5 aromatic rings. The van der Waals surface area contributed by atoms with Gasteiger partial charge < -0.3 is 9.88 Å². The summed E-state index contributed by atoms with van der Waals surface area (Å²) in [6.45, 7) is 9.12. The van der Waals surface area contributed by atoms with Crippen molar-refractivity contribution in [3.63, 3.8) is 0 Å². The highest BCUT2D eigenvalue weighted by Gasteiger charge is 2.18. The molecule has 0 saturated heterocycles. The summed E-state index contributed by atoms with van der Waals surface area (Å²) in [5.41, 5.74) is 8.79. The number of hydrogen-bond acceptors (Lipinski definition) is 4. The molecule has 37 heavy (non-hydrogen) atoms. The maximum Gasteiger partial charge on any atom is 0.253 e. The number of rotatable bonds is 5. The van der Waals surface area contributed by atoms with Gasteiger partial charge in [-0.2, -0.15) is 5.10 Å². The van der Waals surface area contributed by atoms with Crippen molar-refractivity contribution in [1.29, 1.82) is 0 Å². The minimum atomic E-state index is 0.0108. The van der Waals surface area contributed by atoms with Crippen LogP contribution in [0.2, 0.25) is 0 Å². The van der Waals surface area contributed by atoms with Crippen LogP contribution in [0.25, 0.3) is 33.5 Å². The Morgan fingerprint density at radius 3 is 2.43 bits per heavy atom. The molecule has 0 radical (unpaired) electrons. The number of fused-ring (bicyclic) bond motifs is 1. The van der Waals surface area contributed by atoms with E-state index in [4.69, 9.17) is 0 Å². The van der Waals surface area contributed by atoms with Gasteiger partial charge in [0.05, 0.1) is 17.6 Å². The highest BCUT2D eigenvalue weighted by Crippen LogP contribution is 2.31. The van der Waals surface area contributed by atoms with Crippen LogP contribution in [-0.4, -0.2) is 42.6 Å². The second-order valence-electron chi connectivity index (χ2n) is 10.7.